The number of aliphatic hydroxyl groups is 1. The number of epoxide rings is 1. The van der Waals surface area contributed by atoms with Gasteiger partial charge in [-0.15, -0.1) is 0 Å². The summed E-state index contributed by atoms with van der Waals surface area (Å²) >= 11 is 0. The minimum absolute atomic E-state index is 0.0181. The Morgan fingerprint density at radius 2 is 2.11 bits per heavy atom. The van der Waals surface area contributed by atoms with E-state index in [0.29, 0.717) is 0 Å². The second-order valence-corrected chi connectivity index (χ2v) is 5.11. The summed E-state index contributed by atoms with van der Waals surface area (Å²) < 4.78 is 5.71. The molecular formula is C16H22O2. The Bertz CT molecular complexity index is 399. The quantitative estimate of drug-likeness (QED) is 0.472. The van der Waals surface area contributed by atoms with Gasteiger partial charge in [0.1, 0.15) is 17.8 Å². The second kappa shape index (κ2) is 5.68. The largest absolute Gasteiger partial charge is 0.386 e. The molecule has 1 aromatic rings. The van der Waals surface area contributed by atoms with Crippen LogP contribution in [0.1, 0.15) is 44.8 Å². The normalized spacial score (nSPS) is 28.5. The van der Waals surface area contributed by atoms with Crippen molar-refractivity contribution < 1.29 is 9.84 Å². The van der Waals surface area contributed by atoms with Crippen molar-refractivity contribution in [2.24, 2.45) is 0 Å². The Kier molecular flexibility index (Phi) is 4.20. The van der Waals surface area contributed by atoms with Crippen molar-refractivity contribution in [3.8, 4) is 0 Å². The number of hydrogen-bond donors (Lipinski definition) is 1. The van der Waals surface area contributed by atoms with Crippen LogP contribution in [0.25, 0.3) is 0 Å². The molecule has 1 saturated heterocycles. The van der Waals surface area contributed by atoms with Gasteiger partial charge in [-0.1, -0.05) is 62.2 Å². The third kappa shape index (κ3) is 2.82. The van der Waals surface area contributed by atoms with E-state index in [9.17, 15) is 5.11 Å². The topological polar surface area (TPSA) is 32.8 Å². The fourth-order valence-electron chi connectivity index (χ4n) is 2.21. The third-order valence-electron chi connectivity index (χ3n) is 3.57. The number of aliphatic hydroxyl groups excluding tert-OH is 1. The number of hydrogen-bond acceptors (Lipinski definition) is 2. The van der Waals surface area contributed by atoms with Gasteiger partial charge >= 0.3 is 0 Å². The van der Waals surface area contributed by atoms with Gasteiger partial charge in [0.25, 0.3) is 0 Å². The summed E-state index contributed by atoms with van der Waals surface area (Å²) in [5.41, 5.74) is 0.686. The number of rotatable bonds is 6. The van der Waals surface area contributed by atoms with Gasteiger partial charge in [0.05, 0.1) is 0 Å². The summed E-state index contributed by atoms with van der Waals surface area (Å²) in [7, 11) is 0. The maximum absolute atomic E-state index is 10.2. The van der Waals surface area contributed by atoms with Crippen molar-refractivity contribution in [3.63, 3.8) is 0 Å². The first-order valence-electron chi connectivity index (χ1n) is 6.76. The lowest BCUT2D eigenvalue weighted by Gasteiger charge is -2.11. The Morgan fingerprint density at radius 3 is 2.78 bits per heavy atom. The highest BCUT2D eigenvalue weighted by atomic mass is 16.6. The lowest BCUT2D eigenvalue weighted by atomic mass is 9.95. The molecule has 1 aliphatic heterocycles. The molecule has 2 nitrogen and oxygen atoms in total. The van der Waals surface area contributed by atoms with Gasteiger partial charge in [-0.25, -0.2) is 0 Å². The molecule has 0 radical (unpaired) electrons. The Labute approximate surface area is 109 Å². The number of allylic oxidation sites excluding steroid dienone is 1. The predicted octanol–water partition coefficient (Wildman–Crippen LogP) is 3.62. The van der Waals surface area contributed by atoms with Gasteiger partial charge in [-0.2, -0.15) is 0 Å². The van der Waals surface area contributed by atoms with E-state index in [1.54, 1.807) is 0 Å². The molecule has 2 unspecified atom stereocenters. The zero-order valence-electron chi connectivity index (χ0n) is 11.2. The van der Waals surface area contributed by atoms with E-state index in [4.69, 9.17) is 4.74 Å². The van der Waals surface area contributed by atoms with E-state index in [2.05, 4.69) is 13.0 Å². The van der Waals surface area contributed by atoms with Crippen LogP contribution in [-0.4, -0.2) is 16.8 Å². The molecule has 1 heterocycles. The lowest BCUT2D eigenvalue weighted by Crippen LogP contribution is -2.24. The van der Waals surface area contributed by atoms with Crippen LogP contribution in [0.4, 0.5) is 0 Å². The number of benzene rings is 1. The molecule has 18 heavy (non-hydrogen) atoms. The fourth-order valence-corrected chi connectivity index (χ4v) is 2.21. The molecule has 1 aromatic carbocycles. The number of ether oxygens (including phenoxy) is 1. The van der Waals surface area contributed by atoms with Crippen LogP contribution in [0.5, 0.6) is 0 Å². The Morgan fingerprint density at radius 1 is 1.39 bits per heavy atom. The summed E-state index contributed by atoms with van der Waals surface area (Å²) in [6.45, 7) is 4.14. The van der Waals surface area contributed by atoms with Crippen LogP contribution in [0, 0.1) is 0 Å². The van der Waals surface area contributed by atoms with E-state index in [1.807, 2.05) is 43.3 Å². The summed E-state index contributed by atoms with van der Waals surface area (Å²) in [4.78, 5) is 0. The maximum atomic E-state index is 10.2. The van der Waals surface area contributed by atoms with Crippen LogP contribution in [-0.2, 0) is 4.74 Å². The van der Waals surface area contributed by atoms with Gasteiger partial charge in [-0.3, -0.25) is 0 Å². The van der Waals surface area contributed by atoms with Gasteiger partial charge < -0.3 is 9.84 Å². The summed E-state index contributed by atoms with van der Waals surface area (Å²) in [5.74, 6) is 0. The zero-order chi connectivity index (χ0) is 13.0. The van der Waals surface area contributed by atoms with Gasteiger partial charge in [0, 0.05) is 0 Å². The van der Waals surface area contributed by atoms with E-state index in [0.717, 1.165) is 12.0 Å². The van der Waals surface area contributed by atoms with E-state index in [1.165, 1.54) is 12.8 Å². The SMILES string of the molecule is CCCC/C=C/[C@H](O)C1(C)OC1c1ccccc1. The van der Waals surface area contributed by atoms with Gasteiger partial charge in [0.2, 0.25) is 0 Å². The minimum Gasteiger partial charge on any atom is -0.386 e. The summed E-state index contributed by atoms with van der Waals surface area (Å²) in [6, 6.07) is 10.1. The van der Waals surface area contributed by atoms with Gasteiger partial charge in [-0.05, 0) is 18.9 Å². The second-order valence-electron chi connectivity index (χ2n) is 5.11. The van der Waals surface area contributed by atoms with Crippen LogP contribution in [0.15, 0.2) is 42.5 Å². The lowest BCUT2D eigenvalue weighted by molar-refractivity contribution is 0.123. The number of unbranched alkanes of at least 4 members (excludes halogenated alkanes) is 2. The minimum atomic E-state index is -0.528. The smallest absolute Gasteiger partial charge is 0.126 e. The van der Waals surface area contributed by atoms with Crippen LogP contribution in [0.2, 0.25) is 0 Å². The van der Waals surface area contributed by atoms with Crippen molar-refractivity contribution in [3.05, 3.63) is 48.0 Å². The van der Waals surface area contributed by atoms with Crippen molar-refractivity contribution >= 4 is 0 Å². The molecule has 0 bridgehead atoms. The van der Waals surface area contributed by atoms with Crippen molar-refractivity contribution in [1.29, 1.82) is 0 Å². The molecule has 2 rings (SSSR count). The average molecular weight is 246 g/mol. The third-order valence-corrected chi connectivity index (χ3v) is 3.57. The van der Waals surface area contributed by atoms with E-state index < -0.39 is 11.7 Å². The summed E-state index contributed by atoms with van der Waals surface area (Å²) in [6.07, 6.45) is 6.80. The molecule has 2 heteroatoms. The first-order valence-corrected chi connectivity index (χ1v) is 6.76. The van der Waals surface area contributed by atoms with Crippen LogP contribution in [0.3, 0.4) is 0 Å². The highest BCUT2D eigenvalue weighted by molar-refractivity contribution is 5.28. The molecule has 1 aliphatic rings. The molecule has 3 atom stereocenters. The van der Waals surface area contributed by atoms with Crippen molar-refractivity contribution in [2.45, 2.75) is 50.9 Å². The molecule has 0 saturated carbocycles. The van der Waals surface area contributed by atoms with E-state index >= 15 is 0 Å². The molecule has 1 N–H and O–H groups in total. The fraction of sp³-hybridized carbons (Fsp3) is 0.500. The monoisotopic (exact) mass is 246 g/mol. The van der Waals surface area contributed by atoms with Crippen molar-refractivity contribution in [1.82, 2.24) is 0 Å². The molecule has 0 amide bonds. The highest BCUT2D eigenvalue weighted by Gasteiger charge is 2.57. The van der Waals surface area contributed by atoms with Crippen molar-refractivity contribution in [2.75, 3.05) is 0 Å². The molecule has 0 spiro atoms. The molecule has 1 fully saturated rings. The molecular weight excluding hydrogens is 224 g/mol. The Hall–Kier alpha value is -1.12. The Balaban J connectivity index is 1.92. The highest BCUT2D eigenvalue weighted by Crippen LogP contribution is 2.51. The average Bonchev–Trinajstić information content (AvgIpc) is 3.09. The van der Waals surface area contributed by atoms with Crippen LogP contribution < -0.4 is 0 Å². The van der Waals surface area contributed by atoms with E-state index in [-0.39, 0.29) is 6.10 Å². The molecule has 98 valence electrons. The van der Waals surface area contributed by atoms with Gasteiger partial charge in [0.15, 0.2) is 0 Å². The first-order chi connectivity index (χ1) is 8.68. The van der Waals surface area contributed by atoms with Crippen LogP contribution >= 0.6 is 0 Å². The summed E-state index contributed by atoms with van der Waals surface area (Å²) in [5, 5.41) is 10.2. The standard InChI is InChI=1S/C16H22O2/c1-3-4-5-9-12-14(17)16(2)15(18-16)13-10-7-6-8-11-13/h6-12,14-15,17H,3-5H2,1-2H3/b12-9+/t14-,15?,16?/m0/s1. The first kappa shape index (κ1) is 13.3. The predicted molar refractivity (Wildman–Crippen MR) is 73.3 cm³/mol. The molecule has 0 aromatic heterocycles. The maximum Gasteiger partial charge on any atom is 0.126 e. The molecule has 0 aliphatic carbocycles. The zero-order valence-corrected chi connectivity index (χ0v) is 11.2.